The van der Waals surface area contributed by atoms with Crippen molar-refractivity contribution in [1.82, 2.24) is 5.32 Å². The van der Waals surface area contributed by atoms with Crippen LogP contribution in [-0.2, 0) is 4.79 Å². The van der Waals surface area contributed by atoms with E-state index in [-0.39, 0.29) is 24.3 Å². The first-order valence-corrected chi connectivity index (χ1v) is 7.42. The molecule has 1 aromatic rings. The average molecular weight is 293 g/mol. The Labute approximate surface area is 123 Å². The molecule has 4 nitrogen and oxygen atoms in total. The van der Waals surface area contributed by atoms with Crippen molar-refractivity contribution < 1.29 is 19.0 Å². The number of nitrogens with one attached hydrogen (secondary N) is 1. The predicted octanol–water partition coefficient (Wildman–Crippen LogP) is 2.50. The van der Waals surface area contributed by atoms with Crippen LogP contribution in [0.4, 0.5) is 4.39 Å². The van der Waals surface area contributed by atoms with Crippen LogP contribution >= 0.6 is 0 Å². The molecular weight excluding hydrogens is 273 g/mol. The number of halogens is 1. The molecule has 1 aromatic carbocycles. The van der Waals surface area contributed by atoms with E-state index < -0.39 is 17.3 Å². The van der Waals surface area contributed by atoms with Crippen molar-refractivity contribution in [3.63, 3.8) is 0 Å². The van der Waals surface area contributed by atoms with E-state index in [2.05, 4.69) is 5.32 Å². The molecule has 0 bridgehead atoms. The normalized spacial score (nSPS) is 20.9. The number of hydrogen-bond acceptors (Lipinski definition) is 3. The van der Waals surface area contributed by atoms with Gasteiger partial charge in [-0.2, -0.15) is 0 Å². The Kier molecular flexibility index (Phi) is 3.61. The molecule has 0 spiro atoms. The molecular formula is C16H20FNO3. The summed E-state index contributed by atoms with van der Waals surface area (Å²) in [5.74, 6) is -1.12. The lowest BCUT2D eigenvalue weighted by Gasteiger charge is -2.31. The number of carboxylic acids is 1. The van der Waals surface area contributed by atoms with Crippen LogP contribution in [0.5, 0.6) is 5.75 Å². The molecule has 114 valence electrons. The first kappa shape index (κ1) is 14.3. The van der Waals surface area contributed by atoms with E-state index in [9.17, 15) is 14.3 Å². The Bertz CT molecular complexity index is 554. The van der Waals surface area contributed by atoms with E-state index in [1.165, 1.54) is 0 Å². The van der Waals surface area contributed by atoms with Crippen LogP contribution < -0.4 is 10.1 Å². The van der Waals surface area contributed by atoms with Gasteiger partial charge in [-0.15, -0.1) is 0 Å². The van der Waals surface area contributed by atoms with Gasteiger partial charge in [-0.05, 0) is 50.2 Å². The molecule has 1 unspecified atom stereocenters. The van der Waals surface area contributed by atoms with Gasteiger partial charge >= 0.3 is 5.97 Å². The number of ether oxygens (including phenoxy) is 1. The maximum Gasteiger partial charge on any atom is 0.327 e. The summed E-state index contributed by atoms with van der Waals surface area (Å²) < 4.78 is 19.5. The van der Waals surface area contributed by atoms with Gasteiger partial charge in [0.25, 0.3) is 0 Å². The molecule has 0 aromatic heterocycles. The molecule has 2 aliphatic carbocycles. The third kappa shape index (κ3) is 2.88. The highest BCUT2D eigenvalue weighted by Gasteiger charge is 2.54. The van der Waals surface area contributed by atoms with Crippen LogP contribution in [0.3, 0.4) is 0 Å². The minimum Gasteiger partial charge on any atom is -0.488 e. The number of aryl methyl sites for hydroxylation is 1. The second-order valence-corrected chi connectivity index (χ2v) is 6.15. The van der Waals surface area contributed by atoms with Crippen LogP contribution in [0.1, 0.15) is 31.2 Å². The second-order valence-electron chi connectivity index (χ2n) is 6.15. The third-order valence-electron chi connectivity index (χ3n) is 4.31. The molecule has 5 heteroatoms. The number of carboxylic acid groups (broad SMARTS) is 1. The van der Waals surface area contributed by atoms with Crippen molar-refractivity contribution in [3.05, 3.63) is 29.6 Å². The zero-order chi connectivity index (χ0) is 15.0. The van der Waals surface area contributed by atoms with Gasteiger partial charge in [-0.3, -0.25) is 10.1 Å². The van der Waals surface area contributed by atoms with Gasteiger partial charge in [-0.25, -0.2) is 4.39 Å². The van der Waals surface area contributed by atoms with Gasteiger partial charge in [-0.1, -0.05) is 12.1 Å². The van der Waals surface area contributed by atoms with E-state index in [0.29, 0.717) is 5.56 Å². The lowest BCUT2D eigenvalue weighted by molar-refractivity contribution is -0.147. The highest BCUT2D eigenvalue weighted by atomic mass is 19.1. The molecule has 0 amide bonds. The highest BCUT2D eigenvalue weighted by Crippen LogP contribution is 2.42. The molecule has 2 fully saturated rings. The Hall–Kier alpha value is -1.62. The minimum absolute atomic E-state index is 0.0378. The van der Waals surface area contributed by atoms with Crippen LogP contribution in [0.15, 0.2) is 18.2 Å². The van der Waals surface area contributed by atoms with Crippen molar-refractivity contribution in [2.45, 2.75) is 44.2 Å². The number of rotatable bonds is 7. The molecule has 0 saturated heterocycles. The van der Waals surface area contributed by atoms with Crippen molar-refractivity contribution in [3.8, 4) is 5.75 Å². The van der Waals surface area contributed by atoms with E-state index in [4.69, 9.17) is 4.74 Å². The topological polar surface area (TPSA) is 58.6 Å². The first-order chi connectivity index (χ1) is 10.0. The van der Waals surface area contributed by atoms with Gasteiger partial charge in [0.1, 0.15) is 6.61 Å². The third-order valence-corrected chi connectivity index (χ3v) is 4.31. The maximum absolute atomic E-state index is 14.0. The summed E-state index contributed by atoms with van der Waals surface area (Å²) in [6.07, 6.45) is 3.76. The van der Waals surface area contributed by atoms with E-state index in [0.717, 1.165) is 25.7 Å². The molecule has 2 aliphatic rings. The summed E-state index contributed by atoms with van der Waals surface area (Å²) in [6.45, 7) is 1.62. The molecule has 1 atom stereocenters. The molecule has 2 saturated carbocycles. The van der Waals surface area contributed by atoms with Gasteiger partial charge in [0.05, 0.1) is 0 Å². The largest absolute Gasteiger partial charge is 0.488 e. The van der Waals surface area contributed by atoms with Gasteiger partial charge in [0.15, 0.2) is 17.1 Å². The summed E-state index contributed by atoms with van der Waals surface area (Å²) in [4.78, 5) is 11.8. The van der Waals surface area contributed by atoms with Crippen molar-refractivity contribution >= 4 is 5.97 Å². The maximum atomic E-state index is 14.0. The first-order valence-electron chi connectivity index (χ1n) is 7.42. The minimum atomic E-state index is -1.09. The standard InChI is InChI=1S/C16H20FNO3/c1-10-3-2-4-13(14(10)17)21-9-16(15(19)20,11-5-6-11)18-12-7-8-12/h2-4,11-12,18H,5-9H2,1H3,(H,19,20). The molecule has 0 aliphatic heterocycles. The van der Waals surface area contributed by atoms with Crippen LogP contribution in [0.25, 0.3) is 0 Å². The number of hydrogen-bond donors (Lipinski definition) is 2. The SMILES string of the molecule is Cc1cccc(OCC(NC2CC2)(C(=O)O)C2CC2)c1F. The summed E-state index contributed by atoms with van der Waals surface area (Å²) >= 11 is 0. The average Bonchev–Trinajstić information content (AvgIpc) is 3.31. The summed E-state index contributed by atoms with van der Waals surface area (Å²) in [7, 11) is 0. The van der Waals surface area contributed by atoms with Crippen LogP contribution in [-0.4, -0.2) is 29.3 Å². The lowest BCUT2D eigenvalue weighted by atomic mass is 9.94. The van der Waals surface area contributed by atoms with E-state index in [1.54, 1.807) is 25.1 Å². The Morgan fingerprint density at radius 1 is 1.43 bits per heavy atom. The van der Waals surface area contributed by atoms with E-state index in [1.807, 2.05) is 0 Å². The fourth-order valence-electron chi connectivity index (χ4n) is 2.67. The smallest absolute Gasteiger partial charge is 0.327 e. The quantitative estimate of drug-likeness (QED) is 0.811. The summed E-state index contributed by atoms with van der Waals surface area (Å²) in [6, 6.07) is 5.17. The predicted molar refractivity (Wildman–Crippen MR) is 75.9 cm³/mol. The molecule has 2 N–H and O–H groups in total. The van der Waals surface area contributed by atoms with Gasteiger partial charge in [0, 0.05) is 6.04 Å². The van der Waals surface area contributed by atoms with Crippen LogP contribution in [0.2, 0.25) is 0 Å². The molecule has 21 heavy (non-hydrogen) atoms. The summed E-state index contributed by atoms with van der Waals surface area (Å²) in [5.41, 5.74) is -0.591. The van der Waals surface area contributed by atoms with Crippen molar-refractivity contribution in [2.75, 3.05) is 6.61 Å². The zero-order valence-corrected chi connectivity index (χ0v) is 12.1. The lowest BCUT2D eigenvalue weighted by Crippen LogP contribution is -2.59. The second kappa shape index (κ2) is 5.30. The Balaban J connectivity index is 1.77. The number of aliphatic carboxylic acids is 1. The van der Waals surface area contributed by atoms with Gasteiger partial charge in [0.2, 0.25) is 0 Å². The molecule has 3 rings (SSSR count). The fourth-order valence-corrected chi connectivity index (χ4v) is 2.67. The summed E-state index contributed by atoms with van der Waals surface area (Å²) in [5, 5.41) is 12.9. The monoisotopic (exact) mass is 293 g/mol. The zero-order valence-electron chi connectivity index (χ0n) is 12.1. The number of carbonyl (C=O) groups is 1. The molecule has 0 radical (unpaired) electrons. The number of benzene rings is 1. The highest BCUT2D eigenvalue weighted by molar-refractivity contribution is 5.80. The Morgan fingerprint density at radius 3 is 2.71 bits per heavy atom. The van der Waals surface area contributed by atoms with Crippen molar-refractivity contribution in [1.29, 1.82) is 0 Å². The van der Waals surface area contributed by atoms with E-state index >= 15 is 0 Å². The van der Waals surface area contributed by atoms with Crippen molar-refractivity contribution in [2.24, 2.45) is 5.92 Å². The fraction of sp³-hybridized carbons (Fsp3) is 0.562. The van der Waals surface area contributed by atoms with Gasteiger partial charge < -0.3 is 9.84 Å². The van der Waals surface area contributed by atoms with Crippen LogP contribution in [0, 0.1) is 18.7 Å². The Morgan fingerprint density at radius 2 is 2.14 bits per heavy atom. The molecule has 0 heterocycles.